The summed E-state index contributed by atoms with van der Waals surface area (Å²) in [5, 5.41) is 81.8. The minimum absolute atomic E-state index is 0.283. The molecule has 8 N–H and O–H groups in total. The Morgan fingerprint density at radius 1 is 0.703 bits per heavy atom. The van der Waals surface area contributed by atoms with Gasteiger partial charge in [0.1, 0.15) is 60.7 Å². The Morgan fingerprint density at radius 2 is 1.27 bits per heavy atom. The number of carbonyl (C=O) groups excluding carboxylic acids is 1. The fourth-order valence-corrected chi connectivity index (χ4v) is 4.79. The first-order chi connectivity index (χ1) is 17.4. The lowest BCUT2D eigenvalue weighted by Crippen LogP contribution is -2.66. The standard InChI is InChI=1S/C22H38O15/c1-7(25)4-9-13(27)14(28)10(5-23)34-20(9)36-18-15(29)11(6-24)35-22(32-3)19(18)37-21-17(31)16(30)12(26)8(2)33-21/h8-24,26-31H,4-6H2,1-3H3. The van der Waals surface area contributed by atoms with Crippen LogP contribution in [0, 0.1) is 5.92 Å². The number of carbonyl (C=O) groups is 1. The Labute approximate surface area is 213 Å². The predicted molar refractivity (Wildman–Crippen MR) is 117 cm³/mol. The maximum Gasteiger partial charge on any atom is 0.187 e. The molecule has 0 saturated carbocycles. The molecule has 3 rings (SSSR count). The number of rotatable bonds is 9. The molecule has 3 heterocycles. The van der Waals surface area contributed by atoms with Crippen molar-refractivity contribution in [1.82, 2.24) is 0 Å². The third-order valence-electron chi connectivity index (χ3n) is 6.95. The quantitative estimate of drug-likeness (QED) is 0.137. The summed E-state index contributed by atoms with van der Waals surface area (Å²) >= 11 is 0. The first-order valence-electron chi connectivity index (χ1n) is 12.0. The van der Waals surface area contributed by atoms with Crippen molar-refractivity contribution in [2.45, 2.75) is 106 Å². The van der Waals surface area contributed by atoms with Crippen molar-refractivity contribution in [3.05, 3.63) is 0 Å². The van der Waals surface area contributed by atoms with Gasteiger partial charge in [-0.2, -0.15) is 0 Å². The van der Waals surface area contributed by atoms with Gasteiger partial charge in [0.05, 0.1) is 25.4 Å². The average Bonchev–Trinajstić information content (AvgIpc) is 2.87. The SMILES string of the molecule is COC1OC(CO)C(O)C(OC2OC(CO)C(O)C(O)C2CC(C)=O)C1OC1OC(C)C(O)C(O)C1O. The van der Waals surface area contributed by atoms with Crippen LogP contribution in [-0.2, 0) is 33.2 Å². The van der Waals surface area contributed by atoms with Crippen molar-refractivity contribution in [3.8, 4) is 0 Å². The van der Waals surface area contributed by atoms with Crippen molar-refractivity contribution < 1.29 is 74.1 Å². The number of ether oxygens (including phenoxy) is 6. The highest BCUT2D eigenvalue weighted by atomic mass is 16.8. The van der Waals surface area contributed by atoms with Crippen LogP contribution in [0.2, 0.25) is 0 Å². The van der Waals surface area contributed by atoms with Gasteiger partial charge in [0.15, 0.2) is 18.9 Å². The molecule has 15 atom stereocenters. The summed E-state index contributed by atoms with van der Waals surface area (Å²) in [5.41, 5.74) is 0. The molecule has 0 aromatic carbocycles. The van der Waals surface area contributed by atoms with Crippen LogP contribution in [0.1, 0.15) is 20.3 Å². The van der Waals surface area contributed by atoms with Gasteiger partial charge in [-0.3, -0.25) is 0 Å². The molecule has 0 spiro atoms. The summed E-state index contributed by atoms with van der Waals surface area (Å²) in [7, 11) is 1.24. The van der Waals surface area contributed by atoms with Gasteiger partial charge in [-0.15, -0.1) is 0 Å². The lowest BCUT2D eigenvalue weighted by molar-refractivity contribution is -0.386. The van der Waals surface area contributed by atoms with Crippen LogP contribution in [0.3, 0.4) is 0 Å². The van der Waals surface area contributed by atoms with E-state index >= 15 is 0 Å². The van der Waals surface area contributed by atoms with Gasteiger partial charge in [0, 0.05) is 19.4 Å². The summed E-state index contributed by atoms with van der Waals surface area (Å²) in [6.45, 7) is 1.34. The summed E-state index contributed by atoms with van der Waals surface area (Å²) < 4.78 is 33.8. The van der Waals surface area contributed by atoms with Crippen LogP contribution in [-0.4, -0.2) is 153 Å². The first kappa shape index (κ1) is 30.6. The van der Waals surface area contributed by atoms with Gasteiger partial charge in [0.2, 0.25) is 0 Å². The van der Waals surface area contributed by atoms with Crippen molar-refractivity contribution in [2.24, 2.45) is 5.92 Å². The van der Waals surface area contributed by atoms with Gasteiger partial charge in [-0.25, -0.2) is 0 Å². The van der Waals surface area contributed by atoms with E-state index < -0.39 is 105 Å². The number of aliphatic hydroxyl groups is 8. The van der Waals surface area contributed by atoms with Crippen molar-refractivity contribution in [3.63, 3.8) is 0 Å². The number of hydrogen-bond donors (Lipinski definition) is 8. The molecule has 0 aliphatic carbocycles. The Hall–Kier alpha value is -0.890. The first-order valence-corrected chi connectivity index (χ1v) is 12.0. The lowest BCUT2D eigenvalue weighted by atomic mass is 9.87. The fraction of sp³-hybridized carbons (Fsp3) is 0.955. The van der Waals surface area contributed by atoms with Gasteiger partial charge >= 0.3 is 0 Å². The zero-order valence-corrected chi connectivity index (χ0v) is 20.7. The molecule has 0 radical (unpaired) electrons. The predicted octanol–water partition coefficient (Wildman–Crippen LogP) is -4.66. The summed E-state index contributed by atoms with van der Waals surface area (Å²) in [4.78, 5) is 11.9. The molecule has 0 aromatic heterocycles. The maximum atomic E-state index is 11.9. The van der Waals surface area contributed by atoms with E-state index in [9.17, 15) is 45.6 Å². The maximum absolute atomic E-state index is 11.9. The summed E-state index contributed by atoms with van der Waals surface area (Å²) in [6.07, 6.45) is -20.4. The molecule has 15 heteroatoms. The second kappa shape index (κ2) is 13.0. The van der Waals surface area contributed by atoms with E-state index in [1.54, 1.807) is 0 Å². The minimum Gasteiger partial charge on any atom is -0.394 e. The fourth-order valence-electron chi connectivity index (χ4n) is 4.79. The number of ketones is 1. The molecule has 3 saturated heterocycles. The van der Waals surface area contributed by atoms with Gasteiger partial charge in [-0.05, 0) is 13.8 Å². The Bertz CT molecular complexity index is 741. The van der Waals surface area contributed by atoms with E-state index in [-0.39, 0.29) is 12.2 Å². The molecule has 3 aliphatic rings. The number of aliphatic hydroxyl groups excluding tert-OH is 8. The van der Waals surface area contributed by atoms with Crippen LogP contribution in [0.4, 0.5) is 0 Å². The molecule has 15 nitrogen and oxygen atoms in total. The second-order valence-electron chi connectivity index (χ2n) is 9.61. The molecular weight excluding hydrogens is 504 g/mol. The van der Waals surface area contributed by atoms with Crippen LogP contribution >= 0.6 is 0 Å². The number of methoxy groups -OCH3 is 1. The Balaban J connectivity index is 1.92. The largest absolute Gasteiger partial charge is 0.394 e. The third kappa shape index (κ3) is 6.47. The molecule has 37 heavy (non-hydrogen) atoms. The van der Waals surface area contributed by atoms with E-state index in [0.29, 0.717) is 0 Å². The van der Waals surface area contributed by atoms with Gasteiger partial charge in [-0.1, -0.05) is 0 Å². The Morgan fingerprint density at radius 3 is 1.84 bits per heavy atom. The van der Waals surface area contributed by atoms with Gasteiger partial charge < -0.3 is 74.1 Å². The molecule has 15 unspecified atom stereocenters. The van der Waals surface area contributed by atoms with Crippen molar-refractivity contribution in [2.75, 3.05) is 20.3 Å². The molecular formula is C22H38O15. The van der Waals surface area contributed by atoms with Crippen LogP contribution in [0.15, 0.2) is 0 Å². The monoisotopic (exact) mass is 542 g/mol. The van der Waals surface area contributed by atoms with Crippen molar-refractivity contribution in [1.29, 1.82) is 0 Å². The van der Waals surface area contributed by atoms with E-state index in [2.05, 4.69) is 0 Å². The highest BCUT2D eigenvalue weighted by Gasteiger charge is 2.54. The van der Waals surface area contributed by atoms with E-state index in [4.69, 9.17) is 28.4 Å². The van der Waals surface area contributed by atoms with Crippen LogP contribution < -0.4 is 0 Å². The molecule has 3 fully saturated rings. The van der Waals surface area contributed by atoms with E-state index in [1.165, 1.54) is 21.0 Å². The smallest absolute Gasteiger partial charge is 0.187 e. The molecule has 0 amide bonds. The normalized spacial score (nSPS) is 49.1. The molecule has 0 bridgehead atoms. The highest BCUT2D eigenvalue weighted by molar-refractivity contribution is 5.75. The third-order valence-corrected chi connectivity index (χ3v) is 6.95. The number of hydrogen-bond acceptors (Lipinski definition) is 15. The number of Topliss-reactive ketones (excluding diaryl/α,β-unsaturated/α-hetero) is 1. The summed E-state index contributed by atoms with van der Waals surface area (Å²) in [5.74, 6) is -1.48. The molecule has 0 aromatic rings. The summed E-state index contributed by atoms with van der Waals surface area (Å²) in [6, 6.07) is 0. The molecule has 3 aliphatic heterocycles. The lowest BCUT2D eigenvalue weighted by Gasteiger charge is -2.49. The van der Waals surface area contributed by atoms with Gasteiger partial charge in [0.25, 0.3) is 0 Å². The van der Waals surface area contributed by atoms with Crippen LogP contribution in [0.5, 0.6) is 0 Å². The van der Waals surface area contributed by atoms with Crippen LogP contribution in [0.25, 0.3) is 0 Å². The van der Waals surface area contributed by atoms with Crippen molar-refractivity contribution >= 4 is 5.78 Å². The molecule has 216 valence electrons. The zero-order chi connectivity index (χ0) is 27.6. The zero-order valence-electron chi connectivity index (χ0n) is 20.7. The average molecular weight is 543 g/mol. The van der Waals surface area contributed by atoms with E-state index in [0.717, 1.165) is 0 Å². The van der Waals surface area contributed by atoms with E-state index in [1.807, 2.05) is 0 Å². The minimum atomic E-state index is -1.72. The topological polar surface area (TPSA) is 234 Å². The second-order valence-corrected chi connectivity index (χ2v) is 9.61. The Kier molecular flexibility index (Phi) is 10.7. The highest BCUT2D eigenvalue weighted by Crippen LogP contribution is 2.36.